The number of ether oxygens (including phenoxy) is 1. The molecule has 0 bridgehead atoms. The van der Waals surface area contributed by atoms with E-state index in [2.05, 4.69) is 15.5 Å². The minimum atomic E-state index is -0.709. The normalized spacial score (nSPS) is 12.0. The van der Waals surface area contributed by atoms with E-state index in [0.29, 0.717) is 6.54 Å². The first kappa shape index (κ1) is 15.5. The van der Waals surface area contributed by atoms with Gasteiger partial charge in [-0.3, -0.25) is 19.6 Å². The minimum Gasteiger partial charge on any atom is -0.475 e. The predicted octanol–water partition coefficient (Wildman–Crippen LogP) is 0.411. The maximum Gasteiger partial charge on any atom is 0.350 e. The highest BCUT2D eigenvalue weighted by Crippen LogP contribution is 2.25. The van der Waals surface area contributed by atoms with Crippen molar-refractivity contribution in [2.45, 2.75) is 19.5 Å². The molecule has 1 unspecified atom stereocenters. The lowest BCUT2D eigenvalue weighted by molar-refractivity contribution is -0.385. The van der Waals surface area contributed by atoms with Gasteiger partial charge in [0.1, 0.15) is 12.2 Å². The van der Waals surface area contributed by atoms with Crippen LogP contribution in [0.2, 0.25) is 0 Å². The molecule has 2 aromatic rings. The summed E-state index contributed by atoms with van der Waals surface area (Å²) >= 11 is 0. The molecule has 0 aromatic carbocycles. The van der Waals surface area contributed by atoms with Crippen LogP contribution in [-0.2, 0) is 18.4 Å². The van der Waals surface area contributed by atoms with Gasteiger partial charge in [-0.15, -0.1) is 5.10 Å². The molecular weight excluding hydrogens is 292 g/mol. The summed E-state index contributed by atoms with van der Waals surface area (Å²) in [5, 5.41) is 21.5. The van der Waals surface area contributed by atoms with Crippen LogP contribution in [0.15, 0.2) is 18.6 Å². The van der Waals surface area contributed by atoms with Crippen LogP contribution in [0.5, 0.6) is 5.88 Å². The number of amides is 1. The Morgan fingerprint density at radius 3 is 2.77 bits per heavy atom. The molecule has 10 heteroatoms. The molecule has 10 nitrogen and oxygen atoms in total. The molecule has 2 rings (SSSR count). The molecule has 0 aliphatic carbocycles. The van der Waals surface area contributed by atoms with Gasteiger partial charge in [-0.2, -0.15) is 5.10 Å². The lowest BCUT2D eigenvalue weighted by Crippen LogP contribution is -2.30. The first-order chi connectivity index (χ1) is 10.4. The van der Waals surface area contributed by atoms with Crippen LogP contribution in [0.25, 0.3) is 0 Å². The molecule has 0 saturated heterocycles. The number of nitro groups is 1. The fraction of sp³-hybridized carbons (Fsp3) is 0.417. The Morgan fingerprint density at radius 1 is 1.55 bits per heavy atom. The van der Waals surface area contributed by atoms with Crippen molar-refractivity contribution in [3.8, 4) is 5.88 Å². The molecule has 0 radical (unpaired) electrons. The van der Waals surface area contributed by atoms with Gasteiger partial charge in [0.25, 0.3) is 0 Å². The Kier molecular flexibility index (Phi) is 4.39. The molecule has 0 fully saturated rings. The van der Waals surface area contributed by atoms with E-state index in [1.54, 1.807) is 31.0 Å². The van der Waals surface area contributed by atoms with Crippen LogP contribution in [-0.4, -0.2) is 37.5 Å². The second kappa shape index (κ2) is 6.24. The molecule has 2 heterocycles. The summed E-state index contributed by atoms with van der Waals surface area (Å²) < 4.78 is 7.67. The van der Waals surface area contributed by atoms with Crippen LogP contribution in [0.1, 0.15) is 18.5 Å². The number of methoxy groups -OCH3 is 1. The fourth-order valence-electron chi connectivity index (χ4n) is 1.85. The molecule has 1 amide bonds. The zero-order chi connectivity index (χ0) is 16.3. The van der Waals surface area contributed by atoms with Crippen molar-refractivity contribution in [3.05, 3.63) is 34.3 Å². The van der Waals surface area contributed by atoms with E-state index in [-0.39, 0.29) is 17.5 Å². The van der Waals surface area contributed by atoms with Gasteiger partial charge in [0, 0.05) is 25.4 Å². The van der Waals surface area contributed by atoms with Crippen LogP contribution in [0, 0.1) is 10.1 Å². The van der Waals surface area contributed by atoms with Crippen LogP contribution in [0.3, 0.4) is 0 Å². The first-order valence-corrected chi connectivity index (χ1v) is 6.45. The molecule has 0 aliphatic heterocycles. The highest BCUT2D eigenvalue weighted by Gasteiger charge is 2.25. The van der Waals surface area contributed by atoms with Gasteiger partial charge in [0.05, 0.1) is 18.2 Å². The standard InChI is InChI=1S/C12H16N6O4/c1-8(11(19)13-4-9-5-14-16(2)6-9)17-7-10(18(20)21)12(15-17)22-3/h5-8H,4H2,1-3H3,(H,13,19). The van der Waals surface area contributed by atoms with Gasteiger partial charge >= 0.3 is 11.6 Å². The van der Waals surface area contributed by atoms with E-state index in [9.17, 15) is 14.9 Å². The number of carbonyl (C=O) groups is 1. The number of aromatic nitrogens is 4. The van der Waals surface area contributed by atoms with Crippen molar-refractivity contribution < 1.29 is 14.5 Å². The van der Waals surface area contributed by atoms with Gasteiger partial charge < -0.3 is 10.1 Å². The number of aryl methyl sites for hydroxylation is 1. The second-order valence-electron chi connectivity index (χ2n) is 4.68. The summed E-state index contributed by atoms with van der Waals surface area (Å²) in [5.74, 6) is -0.444. The Labute approximate surface area is 125 Å². The highest BCUT2D eigenvalue weighted by atomic mass is 16.6. The van der Waals surface area contributed by atoms with Gasteiger partial charge in [-0.05, 0) is 6.92 Å². The van der Waals surface area contributed by atoms with E-state index in [1.165, 1.54) is 18.0 Å². The summed E-state index contributed by atoms with van der Waals surface area (Å²) in [6.07, 6.45) is 4.60. The van der Waals surface area contributed by atoms with Crippen molar-refractivity contribution >= 4 is 11.6 Å². The zero-order valence-corrected chi connectivity index (χ0v) is 12.4. The van der Waals surface area contributed by atoms with Crippen molar-refractivity contribution in [1.29, 1.82) is 0 Å². The predicted molar refractivity (Wildman–Crippen MR) is 75.2 cm³/mol. The summed E-state index contributed by atoms with van der Waals surface area (Å²) in [6, 6.07) is -0.709. The summed E-state index contributed by atoms with van der Waals surface area (Å²) in [7, 11) is 3.07. The second-order valence-corrected chi connectivity index (χ2v) is 4.68. The topological polar surface area (TPSA) is 117 Å². The third kappa shape index (κ3) is 3.22. The Bertz CT molecular complexity index is 692. The third-order valence-corrected chi connectivity index (χ3v) is 3.07. The number of nitrogens with zero attached hydrogens (tertiary/aromatic N) is 5. The number of rotatable bonds is 6. The van der Waals surface area contributed by atoms with Gasteiger partial charge in [0.15, 0.2) is 0 Å². The number of hydrogen-bond acceptors (Lipinski definition) is 6. The van der Waals surface area contributed by atoms with Gasteiger partial charge in [-0.1, -0.05) is 0 Å². The fourth-order valence-corrected chi connectivity index (χ4v) is 1.85. The SMILES string of the molecule is COc1nn(C(C)C(=O)NCc2cnn(C)c2)cc1[N+](=O)[O-]. The Hall–Kier alpha value is -2.91. The number of nitrogens with one attached hydrogen (secondary N) is 1. The molecule has 1 atom stereocenters. The smallest absolute Gasteiger partial charge is 0.350 e. The monoisotopic (exact) mass is 308 g/mol. The first-order valence-electron chi connectivity index (χ1n) is 6.45. The lowest BCUT2D eigenvalue weighted by Gasteiger charge is -2.11. The number of hydrogen-bond donors (Lipinski definition) is 1. The van der Waals surface area contributed by atoms with E-state index in [4.69, 9.17) is 4.74 Å². The summed E-state index contributed by atoms with van der Waals surface area (Å²) in [5.41, 5.74) is 0.571. The van der Waals surface area contributed by atoms with Crippen molar-refractivity contribution in [1.82, 2.24) is 24.9 Å². The van der Waals surface area contributed by atoms with E-state index >= 15 is 0 Å². The molecular formula is C12H16N6O4. The van der Waals surface area contributed by atoms with Crippen molar-refractivity contribution in [2.24, 2.45) is 7.05 Å². The minimum absolute atomic E-state index is 0.128. The third-order valence-electron chi connectivity index (χ3n) is 3.07. The van der Waals surface area contributed by atoms with Gasteiger partial charge in [0.2, 0.25) is 5.91 Å². The quantitative estimate of drug-likeness (QED) is 0.610. The van der Waals surface area contributed by atoms with Crippen LogP contribution in [0.4, 0.5) is 5.69 Å². The largest absolute Gasteiger partial charge is 0.475 e. The molecule has 0 saturated carbocycles. The van der Waals surface area contributed by atoms with E-state index < -0.39 is 11.0 Å². The summed E-state index contributed by atoms with van der Waals surface area (Å²) in [4.78, 5) is 22.3. The molecule has 0 spiro atoms. The van der Waals surface area contributed by atoms with E-state index in [1.807, 2.05) is 0 Å². The maximum atomic E-state index is 12.1. The average Bonchev–Trinajstić information content (AvgIpc) is 3.09. The van der Waals surface area contributed by atoms with E-state index in [0.717, 1.165) is 5.56 Å². The molecule has 22 heavy (non-hydrogen) atoms. The molecule has 0 aliphatic rings. The highest BCUT2D eigenvalue weighted by molar-refractivity contribution is 5.79. The van der Waals surface area contributed by atoms with Crippen LogP contribution >= 0.6 is 0 Å². The maximum absolute atomic E-state index is 12.1. The summed E-state index contributed by atoms with van der Waals surface area (Å²) in [6.45, 7) is 1.91. The molecule has 2 aromatic heterocycles. The lowest BCUT2D eigenvalue weighted by atomic mass is 10.3. The van der Waals surface area contributed by atoms with Crippen LogP contribution < -0.4 is 10.1 Å². The van der Waals surface area contributed by atoms with Crippen molar-refractivity contribution in [2.75, 3.05) is 7.11 Å². The van der Waals surface area contributed by atoms with Gasteiger partial charge in [-0.25, -0.2) is 4.68 Å². The zero-order valence-electron chi connectivity index (χ0n) is 12.4. The van der Waals surface area contributed by atoms with Crippen molar-refractivity contribution in [3.63, 3.8) is 0 Å². The molecule has 1 N–H and O–H groups in total. The number of carbonyl (C=O) groups excluding carboxylic acids is 1. The Balaban J connectivity index is 2.05. The average molecular weight is 308 g/mol. The Morgan fingerprint density at radius 2 is 2.27 bits per heavy atom. The molecule has 118 valence electrons.